The number of rotatable bonds is 5. The Morgan fingerprint density at radius 2 is 1.67 bits per heavy atom. The van der Waals surface area contributed by atoms with Crippen LogP contribution in [-0.2, 0) is 16.0 Å². The lowest BCUT2D eigenvalue weighted by Crippen LogP contribution is -2.43. The first-order valence-corrected chi connectivity index (χ1v) is 6.99. The third kappa shape index (κ3) is 4.34. The molecule has 24 heavy (non-hydrogen) atoms. The Morgan fingerprint density at radius 3 is 2.25 bits per heavy atom. The van der Waals surface area contributed by atoms with Crippen LogP contribution >= 0.6 is 0 Å². The van der Waals surface area contributed by atoms with Crippen LogP contribution in [0.5, 0.6) is 0 Å². The van der Waals surface area contributed by atoms with E-state index in [4.69, 9.17) is 0 Å². The van der Waals surface area contributed by atoms with Crippen LogP contribution in [0.15, 0.2) is 42.5 Å². The van der Waals surface area contributed by atoms with Gasteiger partial charge in [0.15, 0.2) is 0 Å². The predicted molar refractivity (Wildman–Crippen MR) is 79.7 cm³/mol. The number of carbonyl (C=O) groups excluding carboxylic acids is 2. The average Bonchev–Trinajstić information content (AvgIpc) is 2.55. The fourth-order valence-corrected chi connectivity index (χ4v) is 2.10. The smallest absolute Gasteiger partial charge is 0.328 e. The Hall–Kier alpha value is -2.83. The third-order valence-electron chi connectivity index (χ3n) is 3.32. The number of carbonyl (C=O) groups is 2. The Kier molecular flexibility index (Phi) is 5.57. The fourth-order valence-electron chi connectivity index (χ4n) is 2.10. The molecule has 0 unspecified atom stereocenters. The second kappa shape index (κ2) is 7.63. The molecule has 0 bridgehead atoms. The van der Waals surface area contributed by atoms with Crippen LogP contribution in [0.2, 0.25) is 0 Å². The highest BCUT2D eigenvalue weighted by Gasteiger charge is 2.24. The minimum absolute atomic E-state index is 0.0293. The molecule has 1 atom stereocenters. The van der Waals surface area contributed by atoms with Crippen LogP contribution in [0.25, 0.3) is 0 Å². The Morgan fingerprint density at radius 1 is 1.04 bits per heavy atom. The minimum Gasteiger partial charge on any atom is -0.467 e. The molecule has 7 heteroatoms. The molecular formula is C17H14F3NO3. The van der Waals surface area contributed by atoms with Crippen molar-refractivity contribution < 1.29 is 27.5 Å². The molecule has 126 valence electrons. The van der Waals surface area contributed by atoms with Crippen molar-refractivity contribution in [3.8, 4) is 0 Å². The summed E-state index contributed by atoms with van der Waals surface area (Å²) in [6, 6.07) is 6.72. The van der Waals surface area contributed by atoms with Crippen LogP contribution in [-0.4, -0.2) is 25.0 Å². The number of benzene rings is 2. The molecule has 0 aliphatic carbocycles. The first-order chi connectivity index (χ1) is 11.4. The van der Waals surface area contributed by atoms with Crippen molar-refractivity contribution in [3.63, 3.8) is 0 Å². The maximum atomic E-state index is 13.6. The molecule has 0 aromatic heterocycles. The number of ether oxygens (including phenoxy) is 1. The summed E-state index contributed by atoms with van der Waals surface area (Å²) in [5, 5.41) is 2.34. The van der Waals surface area contributed by atoms with Crippen molar-refractivity contribution in [1.29, 1.82) is 0 Å². The summed E-state index contributed by atoms with van der Waals surface area (Å²) in [5.74, 6) is -3.93. The lowest BCUT2D eigenvalue weighted by molar-refractivity contribution is -0.142. The second-order valence-corrected chi connectivity index (χ2v) is 5.00. The molecule has 4 nitrogen and oxygen atoms in total. The van der Waals surface area contributed by atoms with Crippen molar-refractivity contribution in [2.75, 3.05) is 7.11 Å². The molecule has 0 spiro atoms. The molecular weight excluding hydrogens is 323 g/mol. The van der Waals surface area contributed by atoms with E-state index in [1.54, 1.807) is 0 Å². The molecule has 2 rings (SSSR count). The zero-order valence-corrected chi connectivity index (χ0v) is 12.7. The van der Waals surface area contributed by atoms with Gasteiger partial charge >= 0.3 is 5.97 Å². The number of amides is 1. The lowest BCUT2D eigenvalue weighted by atomic mass is 10.1. The summed E-state index contributed by atoms with van der Waals surface area (Å²) in [6.45, 7) is 0. The third-order valence-corrected chi connectivity index (χ3v) is 3.32. The quantitative estimate of drug-likeness (QED) is 0.854. The minimum atomic E-state index is -1.10. The highest BCUT2D eigenvalue weighted by atomic mass is 19.1. The van der Waals surface area contributed by atoms with E-state index in [0.29, 0.717) is 11.6 Å². The zero-order chi connectivity index (χ0) is 17.7. The van der Waals surface area contributed by atoms with Gasteiger partial charge in [-0.15, -0.1) is 0 Å². The van der Waals surface area contributed by atoms with Crippen molar-refractivity contribution in [2.45, 2.75) is 12.5 Å². The molecule has 0 saturated carbocycles. The highest BCUT2D eigenvalue weighted by molar-refractivity contribution is 5.97. The largest absolute Gasteiger partial charge is 0.467 e. The summed E-state index contributed by atoms with van der Waals surface area (Å²) in [6.07, 6.45) is 0.0293. The summed E-state index contributed by atoms with van der Waals surface area (Å²) in [7, 11) is 1.14. The van der Waals surface area contributed by atoms with E-state index in [0.717, 1.165) is 19.2 Å². The number of methoxy groups -OCH3 is 1. The van der Waals surface area contributed by atoms with Gasteiger partial charge in [-0.1, -0.05) is 12.1 Å². The fraction of sp³-hybridized carbons (Fsp3) is 0.176. The normalized spacial score (nSPS) is 11.7. The van der Waals surface area contributed by atoms with Crippen LogP contribution in [0.3, 0.4) is 0 Å². The van der Waals surface area contributed by atoms with E-state index in [9.17, 15) is 22.8 Å². The molecule has 1 amide bonds. The van der Waals surface area contributed by atoms with Gasteiger partial charge in [-0.05, 0) is 29.8 Å². The summed E-state index contributed by atoms with van der Waals surface area (Å²) in [4.78, 5) is 23.9. The molecule has 0 aliphatic rings. The lowest BCUT2D eigenvalue weighted by Gasteiger charge is -2.17. The van der Waals surface area contributed by atoms with E-state index in [1.807, 2.05) is 0 Å². The molecule has 2 aromatic rings. The van der Waals surface area contributed by atoms with Crippen LogP contribution in [0.1, 0.15) is 15.9 Å². The first-order valence-electron chi connectivity index (χ1n) is 6.99. The number of hydrogen-bond acceptors (Lipinski definition) is 3. The SMILES string of the molecule is COC(=O)[C@@H](Cc1ccc(F)cc1)NC(=O)c1ccc(F)cc1F. The Balaban J connectivity index is 2.17. The second-order valence-electron chi connectivity index (χ2n) is 5.00. The number of halogens is 3. The van der Waals surface area contributed by atoms with E-state index < -0.39 is 40.9 Å². The molecule has 1 N–H and O–H groups in total. The van der Waals surface area contributed by atoms with E-state index in [2.05, 4.69) is 10.1 Å². The highest BCUT2D eigenvalue weighted by Crippen LogP contribution is 2.11. The van der Waals surface area contributed by atoms with Gasteiger partial charge in [-0.3, -0.25) is 4.79 Å². The van der Waals surface area contributed by atoms with Gasteiger partial charge in [0, 0.05) is 12.5 Å². The number of nitrogens with one attached hydrogen (secondary N) is 1. The van der Waals surface area contributed by atoms with E-state index in [-0.39, 0.29) is 6.42 Å². The van der Waals surface area contributed by atoms with Gasteiger partial charge < -0.3 is 10.1 Å². The summed E-state index contributed by atoms with van der Waals surface area (Å²) < 4.78 is 44.1. The summed E-state index contributed by atoms with van der Waals surface area (Å²) in [5.41, 5.74) is 0.177. The molecule has 0 fully saturated rings. The average molecular weight is 337 g/mol. The number of hydrogen-bond donors (Lipinski definition) is 1. The molecule has 0 heterocycles. The van der Waals surface area contributed by atoms with Crippen LogP contribution in [0, 0.1) is 17.5 Å². The molecule has 2 aromatic carbocycles. The van der Waals surface area contributed by atoms with Gasteiger partial charge in [-0.25, -0.2) is 18.0 Å². The summed E-state index contributed by atoms with van der Waals surface area (Å²) >= 11 is 0. The van der Waals surface area contributed by atoms with Crippen LogP contribution in [0.4, 0.5) is 13.2 Å². The van der Waals surface area contributed by atoms with Crippen molar-refractivity contribution >= 4 is 11.9 Å². The number of esters is 1. The molecule has 0 saturated heterocycles. The maximum Gasteiger partial charge on any atom is 0.328 e. The van der Waals surface area contributed by atoms with Crippen molar-refractivity contribution in [3.05, 3.63) is 71.0 Å². The van der Waals surface area contributed by atoms with Gasteiger partial charge in [0.2, 0.25) is 0 Å². The zero-order valence-electron chi connectivity index (χ0n) is 12.7. The van der Waals surface area contributed by atoms with E-state index in [1.165, 1.54) is 24.3 Å². The Labute approximate surface area is 136 Å². The Bertz CT molecular complexity index is 747. The van der Waals surface area contributed by atoms with E-state index >= 15 is 0 Å². The van der Waals surface area contributed by atoms with Gasteiger partial charge in [-0.2, -0.15) is 0 Å². The van der Waals surface area contributed by atoms with Crippen LogP contribution < -0.4 is 5.32 Å². The van der Waals surface area contributed by atoms with Gasteiger partial charge in [0.25, 0.3) is 5.91 Å². The monoisotopic (exact) mass is 337 g/mol. The molecule has 0 radical (unpaired) electrons. The predicted octanol–water partition coefficient (Wildman–Crippen LogP) is 2.62. The van der Waals surface area contributed by atoms with Crippen molar-refractivity contribution in [1.82, 2.24) is 5.32 Å². The molecule has 0 aliphatic heterocycles. The standard InChI is InChI=1S/C17H14F3NO3/c1-24-17(23)15(8-10-2-4-11(18)5-3-10)21-16(22)13-7-6-12(19)9-14(13)20/h2-7,9,15H,8H2,1H3,(H,21,22)/t15-/m1/s1. The van der Waals surface area contributed by atoms with Crippen molar-refractivity contribution in [2.24, 2.45) is 0 Å². The maximum absolute atomic E-state index is 13.6. The first kappa shape index (κ1) is 17.5. The topological polar surface area (TPSA) is 55.4 Å². The van der Waals surface area contributed by atoms with Gasteiger partial charge in [0.05, 0.1) is 12.7 Å². The van der Waals surface area contributed by atoms with Gasteiger partial charge in [0.1, 0.15) is 23.5 Å².